The molecule has 15 heavy (non-hydrogen) atoms. The molecule has 0 spiro atoms. The third-order valence-corrected chi connectivity index (χ3v) is 9.13. The van der Waals surface area contributed by atoms with Crippen LogP contribution in [-0.2, 0) is 0 Å². The molecule has 1 rings (SSSR count). The van der Waals surface area contributed by atoms with Crippen LogP contribution in [0.2, 0.25) is 12.1 Å². The average molecular weight is 226 g/mol. The van der Waals surface area contributed by atoms with E-state index in [1.807, 2.05) is 0 Å². The van der Waals surface area contributed by atoms with Gasteiger partial charge in [-0.25, -0.2) is 0 Å². The number of nitrogens with zero attached hydrogens (tertiary/aromatic N) is 2. The zero-order valence-corrected chi connectivity index (χ0v) is 11.8. The van der Waals surface area contributed by atoms with E-state index in [2.05, 4.69) is 50.3 Å². The maximum absolute atomic E-state index is 4.15. The molecule has 0 aromatic heterocycles. The third kappa shape index (κ3) is 2.71. The van der Waals surface area contributed by atoms with E-state index in [9.17, 15) is 0 Å². The molecule has 88 valence electrons. The predicted molar refractivity (Wildman–Crippen MR) is 70.6 cm³/mol. The summed E-state index contributed by atoms with van der Waals surface area (Å²) in [4.78, 5) is 4.78. The molecule has 0 aliphatic carbocycles. The van der Waals surface area contributed by atoms with E-state index in [0.29, 0.717) is 5.79 Å². The smallest absolute Gasteiger partial charge is 0.114 e. The van der Waals surface area contributed by atoms with Crippen LogP contribution in [0.25, 0.3) is 0 Å². The maximum Gasteiger partial charge on any atom is 0.114 e. The van der Waals surface area contributed by atoms with Gasteiger partial charge < -0.3 is 0 Å². The van der Waals surface area contributed by atoms with Gasteiger partial charge in [0.2, 0.25) is 0 Å². The van der Waals surface area contributed by atoms with E-state index in [1.54, 1.807) is 0 Å². The van der Waals surface area contributed by atoms with Gasteiger partial charge in [-0.15, -0.1) is 6.58 Å². The highest BCUT2D eigenvalue weighted by Crippen LogP contribution is 2.34. The van der Waals surface area contributed by atoms with Gasteiger partial charge in [0.15, 0.2) is 0 Å². The Morgan fingerprint density at radius 3 is 1.80 bits per heavy atom. The quantitative estimate of drug-likeness (QED) is 0.536. The fourth-order valence-corrected chi connectivity index (χ4v) is 8.53. The van der Waals surface area contributed by atoms with Crippen LogP contribution in [0.3, 0.4) is 0 Å². The second-order valence-electron chi connectivity index (χ2n) is 5.30. The Morgan fingerprint density at radius 2 is 1.47 bits per heavy atom. The van der Waals surface area contributed by atoms with Gasteiger partial charge in [0.25, 0.3) is 0 Å². The summed E-state index contributed by atoms with van der Waals surface area (Å²) in [7, 11) is 7.53. The van der Waals surface area contributed by atoms with Gasteiger partial charge in [0.05, 0.1) is 5.79 Å². The molecule has 0 saturated carbocycles. The monoisotopic (exact) mass is 226 g/mol. The molecule has 0 amide bonds. The van der Waals surface area contributed by atoms with Crippen molar-refractivity contribution in [1.82, 2.24) is 9.80 Å². The Hall–Kier alpha value is -0.123. The summed E-state index contributed by atoms with van der Waals surface area (Å²) >= 11 is 0. The van der Waals surface area contributed by atoms with E-state index in [0.717, 1.165) is 0 Å². The number of rotatable bonds is 4. The molecule has 1 aliphatic heterocycles. The van der Waals surface area contributed by atoms with Crippen molar-refractivity contribution in [2.45, 2.75) is 37.1 Å². The van der Waals surface area contributed by atoms with E-state index in [1.165, 1.54) is 31.4 Å². The molecule has 1 aliphatic rings. The molecule has 1 fully saturated rings. The highest BCUT2D eigenvalue weighted by molar-refractivity contribution is 6.85. The Morgan fingerprint density at radius 1 is 1.00 bits per heavy atom. The fraction of sp³-hybridized carbons (Fsp3) is 0.833. The maximum atomic E-state index is 4.15. The van der Waals surface area contributed by atoms with E-state index < -0.39 is 8.07 Å². The van der Waals surface area contributed by atoms with E-state index in [-0.39, 0.29) is 0 Å². The van der Waals surface area contributed by atoms with Gasteiger partial charge in [-0.3, -0.25) is 9.80 Å². The molecular formula is C12H26N2Si. The van der Waals surface area contributed by atoms with Crippen molar-refractivity contribution in [2.24, 2.45) is 0 Å². The van der Waals surface area contributed by atoms with Gasteiger partial charge in [0, 0.05) is 0 Å². The summed E-state index contributed by atoms with van der Waals surface area (Å²) in [6, 6.07) is 2.86. The van der Waals surface area contributed by atoms with Gasteiger partial charge in [0.1, 0.15) is 8.07 Å². The first-order valence-electron chi connectivity index (χ1n) is 6.00. The van der Waals surface area contributed by atoms with Crippen LogP contribution < -0.4 is 0 Å². The molecule has 0 N–H and O–H groups in total. The van der Waals surface area contributed by atoms with Crippen LogP contribution >= 0.6 is 0 Å². The lowest BCUT2D eigenvalue weighted by atomic mass is 10.3. The standard InChI is InChI=1S/C12H26N2Si/c1-6-15(10-8-7-9-11-15)12(13(2)3)14(4)5/h6,12H,1,7-11H2,2-5H3. The minimum absolute atomic E-state index is 0.621. The van der Waals surface area contributed by atoms with Crippen LogP contribution in [-0.4, -0.2) is 51.9 Å². The van der Waals surface area contributed by atoms with Crippen molar-refractivity contribution >= 4 is 8.07 Å². The van der Waals surface area contributed by atoms with Gasteiger partial charge in [-0.05, 0) is 28.2 Å². The zero-order valence-electron chi connectivity index (χ0n) is 10.8. The molecule has 0 aromatic carbocycles. The highest BCUT2D eigenvalue weighted by Gasteiger charge is 2.41. The Balaban J connectivity index is 2.89. The molecule has 2 nitrogen and oxygen atoms in total. The second kappa shape index (κ2) is 5.28. The molecule has 0 aromatic rings. The van der Waals surface area contributed by atoms with Crippen molar-refractivity contribution in [3.8, 4) is 0 Å². The SMILES string of the molecule is C=C[Si]1(C(N(C)C)N(C)C)CCCCC1. The molecule has 3 heteroatoms. The zero-order chi connectivity index (χ0) is 11.5. The normalized spacial score (nSPS) is 21.3. The first-order chi connectivity index (χ1) is 7.03. The summed E-state index contributed by atoms with van der Waals surface area (Å²) in [5.41, 5.74) is 2.34. The predicted octanol–water partition coefficient (Wildman–Crippen LogP) is 2.33. The first kappa shape index (κ1) is 12.9. The van der Waals surface area contributed by atoms with E-state index >= 15 is 0 Å². The Kier molecular flexibility index (Phi) is 4.56. The van der Waals surface area contributed by atoms with Crippen molar-refractivity contribution < 1.29 is 0 Å². The summed E-state index contributed by atoms with van der Waals surface area (Å²) in [5, 5.41) is 0. The Labute approximate surface area is 96.0 Å². The van der Waals surface area contributed by atoms with Crippen LogP contribution in [0, 0.1) is 0 Å². The average Bonchev–Trinajstić information content (AvgIpc) is 2.18. The highest BCUT2D eigenvalue weighted by atomic mass is 28.3. The summed E-state index contributed by atoms with van der Waals surface area (Å²) in [6.45, 7) is 4.15. The third-order valence-electron chi connectivity index (χ3n) is 3.68. The molecule has 1 heterocycles. The number of hydrogen-bond donors (Lipinski definition) is 0. The molecule has 0 bridgehead atoms. The van der Waals surface area contributed by atoms with Crippen LogP contribution in [0.1, 0.15) is 19.3 Å². The Bertz CT molecular complexity index is 200. The van der Waals surface area contributed by atoms with Crippen LogP contribution in [0.5, 0.6) is 0 Å². The summed E-state index contributed by atoms with van der Waals surface area (Å²) < 4.78 is 0. The van der Waals surface area contributed by atoms with Crippen molar-refractivity contribution in [1.29, 1.82) is 0 Å². The van der Waals surface area contributed by atoms with Crippen molar-refractivity contribution in [2.75, 3.05) is 28.2 Å². The second-order valence-corrected chi connectivity index (χ2v) is 9.69. The summed E-state index contributed by atoms with van der Waals surface area (Å²) in [5.74, 6) is 0.621. The lowest BCUT2D eigenvalue weighted by Gasteiger charge is -2.46. The van der Waals surface area contributed by atoms with Crippen molar-refractivity contribution in [3.63, 3.8) is 0 Å². The fourth-order valence-electron chi connectivity index (χ4n) is 3.27. The topological polar surface area (TPSA) is 6.48 Å². The summed E-state index contributed by atoms with van der Waals surface area (Å²) in [6.07, 6.45) is 4.25. The molecule has 0 unspecified atom stereocenters. The first-order valence-corrected chi connectivity index (χ1v) is 8.57. The number of hydrogen-bond acceptors (Lipinski definition) is 2. The van der Waals surface area contributed by atoms with E-state index in [4.69, 9.17) is 0 Å². The minimum Gasteiger partial charge on any atom is -0.297 e. The van der Waals surface area contributed by atoms with Crippen LogP contribution in [0.15, 0.2) is 12.3 Å². The molecule has 0 atom stereocenters. The lowest BCUT2D eigenvalue weighted by molar-refractivity contribution is 0.191. The van der Waals surface area contributed by atoms with Gasteiger partial charge >= 0.3 is 0 Å². The molecular weight excluding hydrogens is 200 g/mol. The molecule has 1 saturated heterocycles. The molecule has 0 radical (unpaired) electrons. The van der Waals surface area contributed by atoms with Gasteiger partial charge in [-0.1, -0.05) is 37.0 Å². The van der Waals surface area contributed by atoms with Gasteiger partial charge in [-0.2, -0.15) is 0 Å². The van der Waals surface area contributed by atoms with Crippen molar-refractivity contribution in [3.05, 3.63) is 12.3 Å². The van der Waals surface area contributed by atoms with Crippen LogP contribution in [0.4, 0.5) is 0 Å². The minimum atomic E-state index is -1.30. The lowest BCUT2D eigenvalue weighted by Crippen LogP contribution is -2.60. The largest absolute Gasteiger partial charge is 0.297 e.